The van der Waals surface area contributed by atoms with Crippen LogP contribution in [0, 0.1) is 5.41 Å². The lowest BCUT2D eigenvalue weighted by atomic mass is 10.1. The Morgan fingerprint density at radius 1 is 1.32 bits per heavy atom. The maximum absolute atomic E-state index is 12.5. The van der Waals surface area contributed by atoms with Crippen LogP contribution in [-0.2, 0) is 6.54 Å². The number of carbonyl (C=O) groups excluding carboxylic acids is 1. The normalized spacial score (nSPS) is 15.8. The molecule has 1 aromatic carbocycles. The van der Waals surface area contributed by atoms with Crippen LogP contribution in [0.4, 0.5) is 0 Å². The van der Waals surface area contributed by atoms with E-state index in [1.807, 2.05) is 47.4 Å². The zero-order chi connectivity index (χ0) is 15.0. The van der Waals surface area contributed by atoms with Gasteiger partial charge in [0.15, 0.2) is 0 Å². The van der Waals surface area contributed by atoms with E-state index >= 15 is 0 Å². The lowest BCUT2D eigenvalue weighted by molar-refractivity contribution is 0.0944. The molecule has 5 heteroatoms. The molecular formula is C17H18N4O. The summed E-state index contributed by atoms with van der Waals surface area (Å²) >= 11 is 0. The van der Waals surface area contributed by atoms with Crippen LogP contribution >= 0.6 is 0 Å². The van der Waals surface area contributed by atoms with E-state index in [-0.39, 0.29) is 11.3 Å². The highest BCUT2D eigenvalue weighted by atomic mass is 16.1. The molecule has 1 aliphatic rings. The first-order valence-electron chi connectivity index (χ1n) is 7.58. The van der Waals surface area contributed by atoms with E-state index in [1.165, 1.54) is 0 Å². The largest absolute Gasteiger partial charge is 0.361 e. The Labute approximate surface area is 128 Å². The highest BCUT2D eigenvalue weighted by Gasteiger charge is 2.43. The number of rotatable bonds is 5. The van der Waals surface area contributed by atoms with Crippen LogP contribution in [0.15, 0.2) is 48.9 Å². The molecule has 22 heavy (non-hydrogen) atoms. The molecule has 0 bridgehead atoms. The number of nitrogens with zero attached hydrogens (tertiary/aromatic N) is 2. The van der Waals surface area contributed by atoms with Gasteiger partial charge in [-0.15, -0.1) is 0 Å². The summed E-state index contributed by atoms with van der Waals surface area (Å²) in [5, 5.41) is 8.42. The Hall–Kier alpha value is -2.56. The number of H-pyrrole nitrogens is 1. The smallest absolute Gasteiger partial charge is 0.253 e. The molecule has 2 heterocycles. The van der Waals surface area contributed by atoms with Crippen LogP contribution in [0.2, 0.25) is 0 Å². The number of fused-ring (bicyclic) bond motifs is 1. The van der Waals surface area contributed by atoms with Crippen LogP contribution < -0.4 is 5.32 Å². The maximum Gasteiger partial charge on any atom is 0.253 e. The zero-order valence-corrected chi connectivity index (χ0v) is 12.2. The van der Waals surface area contributed by atoms with Crippen LogP contribution in [0.5, 0.6) is 0 Å². The van der Waals surface area contributed by atoms with E-state index in [9.17, 15) is 4.79 Å². The molecule has 2 aromatic heterocycles. The average molecular weight is 294 g/mol. The molecule has 5 nitrogen and oxygen atoms in total. The fourth-order valence-electron chi connectivity index (χ4n) is 2.94. The Morgan fingerprint density at radius 2 is 2.23 bits per heavy atom. The quantitative estimate of drug-likeness (QED) is 0.759. The Balaban J connectivity index is 1.45. The first-order valence-corrected chi connectivity index (χ1v) is 7.58. The van der Waals surface area contributed by atoms with Gasteiger partial charge in [-0.25, -0.2) is 0 Å². The minimum absolute atomic E-state index is 0.0141. The van der Waals surface area contributed by atoms with E-state index in [0.29, 0.717) is 12.1 Å². The molecule has 2 N–H and O–H groups in total. The number of benzene rings is 1. The van der Waals surface area contributed by atoms with Crippen molar-refractivity contribution in [3.05, 3.63) is 54.5 Å². The Bertz CT molecular complexity index is 799. The van der Waals surface area contributed by atoms with Gasteiger partial charge in [-0.1, -0.05) is 12.1 Å². The van der Waals surface area contributed by atoms with Crippen molar-refractivity contribution in [2.24, 2.45) is 5.41 Å². The highest BCUT2D eigenvalue weighted by Crippen LogP contribution is 2.46. The molecule has 0 saturated heterocycles. The molecule has 4 rings (SSSR count). The number of hydrogen-bond acceptors (Lipinski definition) is 2. The summed E-state index contributed by atoms with van der Waals surface area (Å²) in [6.45, 7) is 1.57. The molecule has 3 aromatic rings. The van der Waals surface area contributed by atoms with Gasteiger partial charge in [-0.2, -0.15) is 5.10 Å². The van der Waals surface area contributed by atoms with Crippen LogP contribution in [0.3, 0.4) is 0 Å². The second-order valence-electron chi connectivity index (χ2n) is 6.13. The Kier molecular flexibility index (Phi) is 2.99. The molecule has 0 atom stereocenters. The first kappa shape index (κ1) is 13.1. The predicted octanol–water partition coefficient (Wildman–Crippen LogP) is 2.57. The zero-order valence-electron chi connectivity index (χ0n) is 12.2. The minimum atomic E-state index is -0.0141. The van der Waals surface area contributed by atoms with Crippen molar-refractivity contribution in [2.75, 3.05) is 6.54 Å². The van der Waals surface area contributed by atoms with Gasteiger partial charge in [0, 0.05) is 42.5 Å². The van der Waals surface area contributed by atoms with E-state index in [0.717, 1.165) is 30.3 Å². The number of nitrogens with one attached hydrogen (secondary N) is 2. The van der Waals surface area contributed by atoms with Gasteiger partial charge in [0.1, 0.15) is 0 Å². The molecule has 0 aliphatic heterocycles. The van der Waals surface area contributed by atoms with Crippen molar-refractivity contribution in [3.63, 3.8) is 0 Å². The maximum atomic E-state index is 12.5. The summed E-state index contributed by atoms with van der Waals surface area (Å²) in [5.74, 6) is -0.0141. The van der Waals surface area contributed by atoms with Crippen molar-refractivity contribution in [1.29, 1.82) is 0 Å². The molecule has 0 unspecified atom stereocenters. The van der Waals surface area contributed by atoms with Crippen molar-refractivity contribution in [2.45, 2.75) is 19.4 Å². The standard InChI is InChI=1S/C17H18N4O/c22-16(14-4-1-3-13-5-9-18-15(13)14)19-11-17(6-7-17)12-21-10-2-8-20-21/h1-5,8-10,18H,6-7,11-12H2,(H,19,22). The summed E-state index contributed by atoms with van der Waals surface area (Å²) in [6.07, 6.45) is 7.91. The molecular weight excluding hydrogens is 276 g/mol. The minimum Gasteiger partial charge on any atom is -0.361 e. The van der Waals surface area contributed by atoms with Gasteiger partial charge in [0.05, 0.1) is 11.1 Å². The van der Waals surface area contributed by atoms with Crippen molar-refractivity contribution in [3.8, 4) is 0 Å². The van der Waals surface area contributed by atoms with Crippen molar-refractivity contribution >= 4 is 16.8 Å². The average Bonchev–Trinajstić information content (AvgIpc) is 2.94. The van der Waals surface area contributed by atoms with E-state index in [1.54, 1.807) is 6.20 Å². The van der Waals surface area contributed by atoms with Gasteiger partial charge in [0.2, 0.25) is 0 Å². The lowest BCUT2D eigenvalue weighted by Gasteiger charge is -2.16. The summed E-state index contributed by atoms with van der Waals surface area (Å²) in [5.41, 5.74) is 1.78. The number of para-hydroxylation sites is 1. The third-order valence-corrected chi connectivity index (χ3v) is 4.47. The number of aromatic amines is 1. The first-order chi connectivity index (χ1) is 10.8. The summed E-state index contributed by atoms with van der Waals surface area (Å²) < 4.78 is 1.95. The second-order valence-corrected chi connectivity index (χ2v) is 6.13. The Morgan fingerprint density at radius 3 is 3.00 bits per heavy atom. The van der Waals surface area contributed by atoms with E-state index in [2.05, 4.69) is 15.4 Å². The second kappa shape index (κ2) is 5.02. The van der Waals surface area contributed by atoms with Gasteiger partial charge in [0.25, 0.3) is 5.91 Å². The fourth-order valence-corrected chi connectivity index (χ4v) is 2.94. The van der Waals surface area contributed by atoms with E-state index < -0.39 is 0 Å². The molecule has 112 valence electrons. The number of amides is 1. The van der Waals surface area contributed by atoms with Crippen LogP contribution in [0.1, 0.15) is 23.2 Å². The van der Waals surface area contributed by atoms with Crippen molar-refractivity contribution < 1.29 is 4.79 Å². The van der Waals surface area contributed by atoms with Crippen LogP contribution in [-0.4, -0.2) is 27.2 Å². The van der Waals surface area contributed by atoms with Crippen molar-refractivity contribution in [1.82, 2.24) is 20.1 Å². The monoisotopic (exact) mass is 294 g/mol. The van der Waals surface area contributed by atoms with Gasteiger partial charge in [-0.05, 0) is 31.0 Å². The van der Waals surface area contributed by atoms with E-state index in [4.69, 9.17) is 0 Å². The number of carbonyl (C=O) groups is 1. The summed E-state index contributed by atoms with van der Waals surface area (Å²) in [6, 6.07) is 9.69. The molecule has 0 radical (unpaired) electrons. The van der Waals surface area contributed by atoms with Gasteiger partial charge in [-0.3, -0.25) is 9.48 Å². The topological polar surface area (TPSA) is 62.7 Å². The van der Waals surface area contributed by atoms with Crippen LogP contribution in [0.25, 0.3) is 10.9 Å². The third kappa shape index (κ3) is 2.39. The third-order valence-electron chi connectivity index (χ3n) is 4.47. The van der Waals surface area contributed by atoms with Gasteiger partial charge < -0.3 is 10.3 Å². The van der Waals surface area contributed by atoms with Gasteiger partial charge >= 0.3 is 0 Å². The molecule has 1 saturated carbocycles. The highest BCUT2D eigenvalue weighted by molar-refractivity contribution is 6.05. The summed E-state index contributed by atoms with van der Waals surface area (Å²) in [7, 11) is 0. The lowest BCUT2D eigenvalue weighted by Crippen LogP contribution is -2.32. The molecule has 1 aliphatic carbocycles. The molecule has 1 fully saturated rings. The summed E-state index contributed by atoms with van der Waals surface area (Å²) in [4.78, 5) is 15.6. The fraction of sp³-hybridized carbons (Fsp3) is 0.294. The predicted molar refractivity (Wildman–Crippen MR) is 84.5 cm³/mol. The number of hydrogen-bond donors (Lipinski definition) is 2. The number of aromatic nitrogens is 3. The molecule has 0 spiro atoms. The molecule has 1 amide bonds. The SMILES string of the molecule is O=C(NCC1(Cn2cccn2)CC1)c1cccc2cc[nH]c12.